The summed E-state index contributed by atoms with van der Waals surface area (Å²) in [6, 6.07) is 7.96. The first-order valence-corrected chi connectivity index (χ1v) is 8.59. The summed E-state index contributed by atoms with van der Waals surface area (Å²) in [5, 5.41) is 14.3. The van der Waals surface area contributed by atoms with Gasteiger partial charge in [-0.05, 0) is 31.2 Å². The van der Waals surface area contributed by atoms with Crippen LogP contribution in [0.15, 0.2) is 24.3 Å². The number of amides is 2. The Morgan fingerprint density at radius 3 is 2.24 bits per heavy atom. The van der Waals surface area contributed by atoms with Gasteiger partial charge in [0, 0.05) is 13.0 Å². The van der Waals surface area contributed by atoms with Gasteiger partial charge in [-0.2, -0.15) is 0 Å². The molecule has 25 heavy (non-hydrogen) atoms. The maximum atomic E-state index is 11.8. The summed E-state index contributed by atoms with van der Waals surface area (Å²) in [5.41, 5.74) is 2.24. The lowest BCUT2D eigenvalue weighted by Crippen LogP contribution is -2.40. The summed E-state index contributed by atoms with van der Waals surface area (Å²) in [6.45, 7) is 5.82. The smallest absolute Gasteiger partial charge is 0.308 e. The minimum absolute atomic E-state index is 0.0750. The van der Waals surface area contributed by atoms with Crippen LogP contribution in [0.4, 0.5) is 0 Å². The van der Waals surface area contributed by atoms with Crippen LogP contribution in [0.1, 0.15) is 37.8 Å². The highest BCUT2D eigenvalue weighted by Crippen LogP contribution is 2.11. The average Bonchev–Trinajstić information content (AvgIpc) is 2.55. The Morgan fingerprint density at radius 2 is 1.68 bits per heavy atom. The molecule has 1 unspecified atom stereocenters. The van der Waals surface area contributed by atoms with Gasteiger partial charge >= 0.3 is 5.97 Å². The van der Waals surface area contributed by atoms with E-state index >= 15 is 0 Å². The molecule has 0 aliphatic heterocycles. The summed E-state index contributed by atoms with van der Waals surface area (Å²) in [7, 11) is 0. The zero-order valence-electron chi connectivity index (χ0n) is 15.2. The maximum Gasteiger partial charge on any atom is 0.308 e. The molecule has 0 heterocycles. The standard InChI is InChI=1S/C19H28N2O4/c1-13(2)10-16(19(24)25)11-20-18(23)12-21-17(22)9-8-15-6-4-14(3)5-7-15/h4-7,13,16H,8-12H2,1-3H3,(H,20,23)(H,21,22)(H,24,25). The second-order valence-electron chi connectivity index (χ2n) is 6.73. The van der Waals surface area contributed by atoms with E-state index in [-0.39, 0.29) is 30.8 Å². The lowest BCUT2D eigenvalue weighted by Gasteiger charge is -2.15. The monoisotopic (exact) mass is 348 g/mol. The van der Waals surface area contributed by atoms with Crippen molar-refractivity contribution in [1.82, 2.24) is 10.6 Å². The first-order valence-electron chi connectivity index (χ1n) is 8.59. The van der Waals surface area contributed by atoms with E-state index in [0.717, 1.165) is 5.56 Å². The van der Waals surface area contributed by atoms with Crippen molar-refractivity contribution in [3.8, 4) is 0 Å². The SMILES string of the molecule is Cc1ccc(CCC(=O)NCC(=O)NCC(CC(C)C)C(=O)O)cc1. The number of hydrogen-bond acceptors (Lipinski definition) is 3. The molecule has 0 saturated heterocycles. The predicted molar refractivity (Wildman–Crippen MR) is 96.1 cm³/mol. The van der Waals surface area contributed by atoms with Crippen LogP contribution < -0.4 is 10.6 Å². The van der Waals surface area contributed by atoms with Crippen LogP contribution in [0.2, 0.25) is 0 Å². The maximum absolute atomic E-state index is 11.8. The number of aliphatic carboxylic acids is 1. The van der Waals surface area contributed by atoms with Crippen molar-refractivity contribution in [1.29, 1.82) is 0 Å². The first kappa shape index (κ1) is 20.7. The summed E-state index contributed by atoms with van der Waals surface area (Å²) in [4.78, 5) is 34.7. The molecular weight excluding hydrogens is 320 g/mol. The molecule has 0 aliphatic carbocycles. The van der Waals surface area contributed by atoms with Crippen molar-refractivity contribution in [2.24, 2.45) is 11.8 Å². The van der Waals surface area contributed by atoms with Gasteiger partial charge in [0.05, 0.1) is 12.5 Å². The van der Waals surface area contributed by atoms with Gasteiger partial charge in [-0.3, -0.25) is 14.4 Å². The minimum atomic E-state index is -0.920. The summed E-state index contributed by atoms with van der Waals surface area (Å²) >= 11 is 0. The summed E-state index contributed by atoms with van der Waals surface area (Å²) < 4.78 is 0. The molecule has 0 aromatic heterocycles. The first-order chi connectivity index (χ1) is 11.8. The number of nitrogens with one attached hydrogen (secondary N) is 2. The van der Waals surface area contributed by atoms with Crippen LogP contribution >= 0.6 is 0 Å². The van der Waals surface area contributed by atoms with Gasteiger partial charge in [0.25, 0.3) is 0 Å². The molecule has 0 spiro atoms. The number of hydrogen-bond donors (Lipinski definition) is 3. The summed E-state index contributed by atoms with van der Waals surface area (Å²) in [5.74, 6) is -1.87. The lowest BCUT2D eigenvalue weighted by molar-refractivity contribution is -0.142. The zero-order chi connectivity index (χ0) is 18.8. The molecule has 0 fully saturated rings. The van der Waals surface area contributed by atoms with Crippen LogP contribution in [0, 0.1) is 18.8 Å². The molecule has 0 radical (unpaired) electrons. The topological polar surface area (TPSA) is 95.5 Å². The van der Waals surface area contributed by atoms with Crippen LogP contribution in [-0.2, 0) is 20.8 Å². The Kier molecular flexibility index (Phi) is 8.67. The van der Waals surface area contributed by atoms with Crippen molar-refractivity contribution in [2.45, 2.75) is 40.0 Å². The van der Waals surface area contributed by atoms with Gasteiger partial charge < -0.3 is 15.7 Å². The molecule has 1 atom stereocenters. The van der Waals surface area contributed by atoms with Gasteiger partial charge in [0.1, 0.15) is 0 Å². The molecule has 2 amide bonds. The molecule has 6 heteroatoms. The third-order valence-electron chi connectivity index (χ3n) is 3.86. The minimum Gasteiger partial charge on any atom is -0.481 e. The van der Waals surface area contributed by atoms with Crippen LogP contribution in [-0.4, -0.2) is 36.0 Å². The number of carbonyl (C=O) groups excluding carboxylic acids is 2. The molecule has 1 aromatic rings. The van der Waals surface area contributed by atoms with Gasteiger partial charge in [-0.1, -0.05) is 43.7 Å². The molecule has 6 nitrogen and oxygen atoms in total. The highest BCUT2D eigenvalue weighted by atomic mass is 16.4. The highest BCUT2D eigenvalue weighted by Gasteiger charge is 2.19. The van der Waals surface area contributed by atoms with E-state index in [1.807, 2.05) is 45.0 Å². The van der Waals surface area contributed by atoms with Gasteiger partial charge in [0.2, 0.25) is 11.8 Å². The molecular formula is C19H28N2O4. The lowest BCUT2D eigenvalue weighted by atomic mass is 9.97. The number of benzene rings is 1. The fourth-order valence-electron chi connectivity index (χ4n) is 2.42. The van der Waals surface area contributed by atoms with Crippen molar-refractivity contribution in [3.05, 3.63) is 35.4 Å². The predicted octanol–water partition coefficient (Wildman–Crippen LogP) is 1.91. The van der Waals surface area contributed by atoms with E-state index in [1.54, 1.807) is 0 Å². The van der Waals surface area contributed by atoms with Crippen LogP contribution in [0.25, 0.3) is 0 Å². The Morgan fingerprint density at radius 1 is 1.04 bits per heavy atom. The Hall–Kier alpha value is -2.37. The molecule has 3 N–H and O–H groups in total. The largest absolute Gasteiger partial charge is 0.481 e. The third kappa shape index (κ3) is 8.88. The van der Waals surface area contributed by atoms with Crippen molar-refractivity contribution in [2.75, 3.05) is 13.1 Å². The molecule has 1 rings (SSSR count). The molecule has 138 valence electrons. The molecule has 0 saturated carbocycles. The fourth-order valence-corrected chi connectivity index (χ4v) is 2.42. The van der Waals surface area contributed by atoms with Crippen LogP contribution in [0.3, 0.4) is 0 Å². The second kappa shape index (κ2) is 10.5. The fraction of sp³-hybridized carbons (Fsp3) is 0.526. The number of carboxylic acid groups (broad SMARTS) is 1. The Balaban J connectivity index is 2.27. The number of carboxylic acids is 1. The average molecular weight is 348 g/mol. The Labute approximate surface area is 149 Å². The number of rotatable bonds is 10. The van der Waals surface area contributed by atoms with E-state index in [4.69, 9.17) is 5.11 Å². The van der Waals surface area contributed by atoms with E-state index < -0.39 is 11.9 Å². The van der Waals surface area contributed by atoms with E-state index in [2.05, 4.69) is 10.6 Å². The molecule has 0 aliphatic rings. The highest BCUT2D eigenvalue weighted by molar-refractivity contribution is 5.85. The van der Waals surface area contributed by atoms with Crippen molar-refractivity contribution >= 4 is 17.8 Å². The quantitative estimate of drug-likeness (QED) is 0.602. The van der Waals surface area contributed by atoms with Crippen molar-refractivity contribution < 1.29 is 19.5 Å². The Bertz CT molecular complexity index is 582. The summed E-state index contributed by atoms with van der Waals surface area (Å²) in [6.07, 6.45) is 1.42. The van der Waals surface area contributed by atoms with E-state index in [1.165, 1.54) is 5.56 Å². The second-order valence-corrected chi connectivity index (χ2v) is 6.73. The number of carbonyl (C=O) groups is 3. The molecule has 0 bridgehead atoms. The van der Waals surface area contributed by atoms with Gasteiger partial charge in [0.15, 0.2) is 0 Å². The molecule has 1 aromatic carbocycles. The van der Waals surface area contributed by atoms with E-state index in [9.17, 15) is 14.4 Å². The van der Waals surface area contributed by atoms with Gasteiger partial charge in [-0.15, -0.1) is 0 Å². The van der Waals surface area contributed by atoms with Crippen LogP contribution in [0.5, 0.6) is 0 Å². The van der Waals surface area contributed by atoms with E-state index in [0.29, 0.717) is 19.3 Å². The van der Waals surface area contributed by atoms with Crippen molar-refractivity contribution in [3.63, 3.8) is 0 Å². The normalized spacial score (nSPS) is 11.8. The van der Waals surface area contributed by atoms with Gasteiger partial charge in [-0.25, -0.2) is 0 Å². The zero-order valence-corrected chi connectivity index (χ0v) is 15.2. The number of aryl methyl sites for hydroxylation is 2. The third-order valence-corrected chi connectivity index (χ3v) is 3.86.